The molecule has 0 saturated heterocycles. The van der Waals surface area contributed by atoms with Gasteiger partial charge in [-0.25, -0.2) is 4.39 Å². The van der Waals surface area contributed by atoms with Crippen LogP contribution in [0.25, 0.3) is 0 Å². The van der Waals surface area contributed by atoms with Crippen LogP contribution in [0.4, 0.5) is 10.1 Å². The summed E-state index contributed by atoms with van der Waals surface area (Å²) in [6, 6.07) is 3.86. The van der Waals surface area contributed by atoms with E-state index in [2.05, 4.69) is 10.6 Å². The zero-order valence-corrected chi connectivity index (χ0v) is 13.2. The minimum Gasteiger partial charge on any atom is -0.355 e. The van der Waals surface area contributed by atoms with Crippen LogP contribution in [0.1, 0.15) is 33.6 Å². The lowest BCUT2D eigenvalue weighted by Gasteiger charge is -2.22. The molecule has 116 valence electrons. The van der Waals surface area contributed by atoms with E-state index in [-0.39, 0.29) is 10.9 Å². The van der Waals surface area contributed by atoms with Crippen LogP contribution in [-0.2, 0) is 9.59 Å². The third kappa shape index (κ3) is 4.70. The number of benzene rings is 1. The fourth-order valence-electron chi connectivity index (χ4n) is 1.56. The second kappa shape index (κ2) is 7.41. The Balaban J connectivity index is 2.71. The third-order valence-electron chi connectivity index (χ3n) is 3.13. The third-order valence-corrected chi connectivity index (χ3v) is 3.42. The molecule has 0 atom stereocenters. The summed E-state index contributed by atoms with van der Waals surface area (Å²) in [5, 5.41) is 5.21. The van der Waals surface area contributed by atoms with Crippen LogP contribution in [0.15, 0.2) is 18.2 Å². The van der Waals surface area contributed by atoms with E-state index >= 15 is 0 Å². The van der Waals surface area contributed by atoms with Gasteiger partial charge in [0.15, 0.2) is 0 Å². The van der Waals surface area contributed by atoms with Crippen molar-refractivity contribution >= 4 is 29.1 Å². The average Bonchev–Trinajstić information content (AvgIpc) is 2.43. The van der Waals surface area contributed by atoms with E-state index in [4.69, 9.17) is 11.6 Å². The first kappa shape index (κ1) is 17.4. The Bertz CT molecular complexity index is 532. The van der Waals surface area contributed by atoms with E-state index in [1.807, 2.05) is 6.92 Å². The zero-order chi connectivity index (χ0) is 16.0. The normalized spacial score (nSPS) is 11.1. The summed E-state index contributed by atoms with van der Waals surface area (Å²) in [6.07, 6.45) is 1.82. The van der Waals surface area contributed by atoms with Gasteiger partial charge in [-0.2, -0.15) is 0 Å². The number of amides is 2. The minimum absolute atomic E-state index is 0.0852. The molecule has 0 spiro atoms. The first-order valence-electron chi connectivity index (χ1n) is 6.83. The van der Waals surface area contributed by atoms with Gasteiger partial charge in [0.1, 0.15) is 11.2 Å². The van der Waals surface area contributed by atoms with E-state index in [9.17, 15) is 14.0 Å². The van der Waals surface area contributed by atoms with Crippen LogP contribution in [0, 0.1) is 11.2 Å². The highest BCUT2D eigenvalue weighted by Gasteiger charge is 2.35. The maximum absolute atomic E-state index is 13.1. The summed E-state index contributed by atoms with van der Waals surface area (Å²) in [4.78, 5) is 24.2. The monoisotopic (exact) mass is 314 g/mol. The van der Waals surface area contributed by atoms with Crippen molar-refractivity contribution < 1.29 is 14.0 Å². The maximum atomic E-state index is 13.1. The fourth-order valence-corrected chi connectivity index (χ4v) is 1.74. The van der Waals surface area contributed by atoms with Gasteiger partial charge >= 0.3 is 0 Å². The number of anilines is 1. The highest BCUT2D eigenvalue weighted by molar-refractivity contribution is 6.31. The highest BCUT2D eigenvalue weighted by atomic mass is 35.5. The lowest BCUT2D eigenvalue weighted by atomic mass is 9.91. The van der Waals surface area contributed by atoms with Gasteiger partial charge in [-0.15, -0.1) is 0 Å². The molecule has 0 fully saturated rings. The Morgan fingerprint density at radius 3 is 2.52 bits per heavy atom. The highest BCUT2D eigenvalue weighted by Crippen LogP contribution is 2.23. The summed E-state index contributed by atoms with van der Waals surface area (Å²) < 4.78 is 13.1. The summed E-state index contributed by atoms with van der Waals surface area (Å²) in [5.41, 5.74) is -0.880. The molecule has 1 rings (SSSR count). The summed E-state index contributed by atoms with van der Waals surface area (Å²) in [5.74, 6) is -1.38. The van der Waals surface area contributed by atoms with E-state index in [0.717, 1.165) is 18.9 Å². The van der Waals surface area contributed by atoms with Gasteiger partial charge in [-0.3, -0.25) is 9.59 Å². The number of carbonyl (C=O) groups excluding carboxylic acids is 2. The van der Waals surface area contributed by atoms with Gasteiger partial charge in [0, 0.05) is 12.2 Å². The number of hydrogen-bond donors (Lipinski definition) is 2. The lowest BCUT2D eigenvalue weighted by molar-refractivity contribution is -0.138. The zero-order valence-electron chi connectivity index (χ0n) is 12.4. The van der Waals surface area contributed by atoms with Gasteiger partial charge < -0.3 is 10.6 Å². The van der Waals surface area contributed by atoms with E-state index in [1.165, 1.54) is 26.0 Å². The van der Waals surface area contributed by atoms with Gasteiger partial charge in [-0.1, -0.05) is 24.9 Å². The number of rotatable bonds is 6. The van der Waals surface area contributed by atoms with Crippen molar-refractivity contribution in [2.24, 2.45) is 5.41 Å². The van der Waals surface area contributed by atoms with Crippen LogP contribution in [0.3, 0.4) is 0 Å². The van der Waals surface area contributed by atoms with Crippen molar-refractivity contribution in [3.63, 3.8) is 0 Å². The van der Waals surface area contributed by atoms with E-state index in [1.54, 1.807) is 0 Å². The fraction of sp³-hybridized carbons (Fsp3) is 0.467. The molecule has 0 aliphatic carbocycles. The number of hydrogen-bond acceptors (Lipinski definition) is 2. The lowest BCUT2D eigenvalue weighted by Crippen LogP contribution is -2.45. The van der Waals surface area contributed by atoms with Crippen molar-refractivity contribution in [2.45, 2.75) is 33.6 Å². The largest absolute Gasteiger partial charge is 0.355 e. The molecular formula is C15H20ClFN2O2. The Morgan fingerprint density at radius 2 is 1.95 bits per heavy atom. The van der Waals surface area contributed by atoms with Gasteiger partial charge in [0.2, 0.25) is 11.8 Å². The summed E-state index contributed by atoms with van der Waals surface area (Å²) >= 11 is 5.65. The standard InChI is InChI=1S/C15H20ClFN2O2/c1-4-5-8-18-13(20)15(2,3)14(21)19-10-6-7-12(17)11(16)9-10/h6-7,9H,4-5,8H2,1-3H3,(H,18,20)(H,19,21). The molecule has 4 nitrogen and oxygen atoms in total. The average molecular weight is 315 g/mol. The molecule has 0 unspecified atom stereocenters. The van der Waals surface area contributed by atoms with Crippen LogP contribution < -0.4 is 10.6 Å². The van der Waals surface area contributed by atoms with Crippen LogP contribution in [-0.4, -0.2) is 18.4 Å². The topological polar surface area (TPSA) is 58.2 Å². The van der Waals surface area contributed by atoms with Crippen molar-refractivity contribution in [2.75, 3.05) is 11.9 Å². The van der Waals surface area contributed by atoms with Gasteiger partial charge in [0.05, 0.1) is 5.02 Å². The molecule has 0 radical (unpaired) electrons. The second-order valence-corrected chi connectivity index (χ2v) is 5.72. The molecule has 0 bridgehead atoms. The molecule has 6 heteroatoms. The molecule has 2 amide bonds. The quantitative estimate of drug-likeness (QED) is 0.625. The number of nitrogens with one attached hydrogen (secondary N) is 2. The molecule has 0 aliphatic heterocycles. The summed E-state index contributed by atoms with van der Waals surface area (Å²) in [7, 11) is 0. The molecule has 2 N–H and O–H groups in total. The van der Waals surface area contributed by atoms with Gasteiger partial charge in [-0.05, 0) is 38.5 Å². The Morgan fingerprint density at radius 1 is 1.29 bits per heavy atom. The van der Waals surface area contributed by atoms with Gasteiger partial charge in [0.25, 0.3) is 0 Å². The SMILES string of the molecule is CCCCNC(=O)C(C)(C)C(=O)Nc1ccc(F)c(Cl)c1. The maximum Gasteiger partial charge on any atom is 0.239 e. The first-order chi connectivity index (χ1) is 9.78. The number of halogens is 2. The minimum atomic E-state index is -1.23. The first-order valence-corrected chi connectivity index (χ1v) is 7.21. The molecule has 0 saturated carbocycles. The van der Waals surface area contributed by atoms with Crippen molar-refractivity contribution in [1.82, 2.24) is 5.32 Å². The predicted octanol–water partition coefficient (Wildman–Crippen LogP) is 3.36. The Labute approximate surface area is 129 Å². The molecule has 0 aliphatic rings. The number of unbranched alkanes of at least 4 members (excludes halogenated alkanes) is 1. The molecule has 21 heavy (non-hydrogen) atoms. The Kier molecular flexibility index (Phi) is 6.15. The van der Waals surface area contributed by atoms with Crippen molar-refractivity contribution in [1.29, 1.82) is 0 Å². The van der Waals surface area contributed by atoms with Crippen molar-refractivity contribution in [3.8, 4) is 0 Å². The van der Waals surface area contributed by atoms with Crippen LogP contribution >= 0.6 is 11.6 Å². The van der Waals surface area contributed by atoms with E-state index in [0.29, 0.717) is 12.2 Å². The molecule has 0 aromatic heterocycles. The Hall–Kier alpha value is -1.62. The molecule has 1 aromatic rings. The van der Waals surface area contributed by atoms with Crippen molar-refractivity contribution in [3.05, 3.63) is 29.0 Å². The predicted molar refractivity (Wildman–Crippen MR) is 81.7 cm³/mol. The second-order valence-electron chi connectivity index (χ2n) is 5.32. The van der Waals surface area contributed by atoms with E-state index < -0.39 is 17.1 Å². The molecule has 1 aromatic carbocycles. The number of carbonyl (C=O) groups is 2. The smallest absolute Gasteiger partial charge is 0.239 e. The molecular weight excluding hydrogens is 295 g/mol. The van der Waals surface area contributed by atoms with Crippen LogP contribution in [0.5, 0.6) is 0 Å². The molecule has 0 heterocycles. The summed E-state index contributed by atoms with van der Waals surface area (Å²) in [6.45, 7) is 5.63. The van der Waals surface area contributed by atoms with Crippen LogP contribution in [0.2, 0.25) is 5.02 Å².